The Morgan fingerprint density at radius 2 is 2.00 bits per heavy atom. The molecule has 2 rings (SSSR count). The van der Waals surface area contributed by atoms with Crippen molar-refractivity contribution in [2.75, 3.05) is 14.1 Å². The number of non-ortho nitro benzene ring substituents is 1. The van der Waals surface area contributed by atoms with E-state index in [1.807, 2.05) is 0 Å². The van der Waals surface area contributed by atoms with E-state index in [2.05, 4.69) is 0 Å². The van der Waals surface area contributed by atoms with E-state index < -0.39 is 16.9 Å². The standard InChI is InChI=1S/C14H15N3O5/c1-8-11(13(18)19)12(16(3)14(20)15(8)2)9-5-4-6-10(7-9)17(21)22/h4-7,12H,1-3H3,(H,18,19). The number of carboxylic acids is 1. The second-order valence-corrected chi connectivity index (χ2v) is 5.01. The molecule has 116 valence electrons. The zero-order valence-corrected chi connectivity index (χ0v) is 12.3. The first-order chi connectivity index (χ1) is 10.3. The molecule has 1 aliphatic heterocycles. The molecule has 0 aliphatic carbocycles. The number of rotatable bonds is 3. The fourth-order valence-corrected chi connectivity index (χ4v) is 2.53. The Bertz CT molecular complexity index is 697. The smallest absolute Gasteiger partial charge is 0.335 e. The van der Waals surface area contributed by atoms with Crippen LogP contribution in [0.2, 0.25) is 0 Å². The van der Waals surface area contributed by atoms with Gasteiger partial charge in [0.05, 0.1) is 16.5 Å². The van der Waals surface area contributed by atoms with Gasteiger partial charge in [0, 0.05) is 31.9 Å². The second-order valence-electron chi connectivity index (χ2n) is 5.01. The van der Waals surface area contributed by atoms with E-state index in [0.717, 1.165) is 0 Å². The van der Waals surface area contributed by atoms with Crippen LogP contribution in [-0.2, 0) is 4.79 Å². The molecular weight excluding hydrogens is 290 g/mol. The number of nitro groups is 1. The van der Waals surface area contributed by atoms with Crippen LogP contribution in [0, 0.1) is 10.1 Å². The van der Waals surface area contributed by atoms with Gasteiger partial charge in [0.1, 0.15) is 0 Å². The maximum Gasteiger partial charge on any atom is 0.335 e. The molecule has 8 heteroatoms. The molecule has 1 atom stereocenters. The van der Waals surface area contributed by atoms with Crippen molar-refractivity contribution in [3.05, 3.63) is 51.2 Å². The third-order valence-corrected chi connectivity index (χ3v) is 3.77. The average Bonchev–Trinajstić information content (AvgIpc) is 2.48. The molecule has 22 heavy (non-hydrogen) atoms. The summed E-state index contributed by atoms with van der Waals surface area (Å²) in [6, 6.07) is 4.40. The van der Waals surface area contributed by atoms with Crippen molar-refractivity contribution >= 4 is 17.7 Å². The van der Waals surface area contributed by atoms with E-state index in [9.17, 15) is 24.8 Å². The number of carboxylic acid groups (broad SMARTS) is 1. The summed E-state index contributed by atoms with van der Waals surface area (Å²) >= 11 is 0. The minimum Gasteiger partial charge on any atom is -0.478 e. The van der Waals surface area contributed by atoms with Crippen LogP contribution in [-0.4, -0.2) is 45.9 Å². The van der Waals surface area contributed by atoms with Crippen molar-refractivity contribution in [2.45, 2.75) is 13.0 Å². The number of allylic oxidation sites excluding steroid dienone is 1. The third-order valence-electron chi connectivity index (χ3n) is 3.77. The Labute approximate surface area is 126 Å². The molecule has 2 amide bonds. The van der Waals surface area contributed by atoms with Crippen LogP contribution in [0.5, 0.6) is 0 Å². The SMILES string of the molecule is CC1=C(C(=O)O)C(c2cccc([N+](=O)[O-])c2)N(C)C(=O)N1C. The highest BCUT2D eigenvalue weighted by molar-refractivity contribution is 5.93. The molecule has 0 radical (unpaired) electrons. The summed E-state index contributed by atoms with van der Waals surface area (Å²) < 4.78 is 0. The summed E-state index contributed by atoms with van der Waals surface area (Å²) in [5.74, 6) is -1.17. The van der Waals surface area contributed by atoms with E-state index >= 15 is 0 Å². The summed E-state index contributed by atoms with van der Waals surface area (Å²) in [7, 11) is 2.96. The Morgan fingerprint density at radius 3 is 2.55 bits per heavy atom. The van der Waals surface area contributed by atoms with Crippen molar-refractivity contribution in [1.29, 1.82) is 0 Å². The highest BCUT2D eigenvalue weighted by Crippen LogP contribution is 2.36. The lowest BCUT2D eigenvalue weighted by Crippen LogP contribution is -2.47. The predicted molar refractivity (Wildman–Crippen MR) is 77.1 cm³/mol. The fraction of sp³-hybridized carbons (Fsp3) is 0.286. The highest BCUT2D eigenvalue weighted by Gasteiger charge is 2.38. The first-order valence-electron chi connectivity index (χ1n) is 6.44. The minimum absolute atomic E-state index is 0.0186. The normalized spacial score (nSPS) is 18.7. The Balaban J connectivity index is 2.64. The van der Waals surface area contributed by atoms with Gasteiger partial charge in [-0.2, -0.15) is 0 Å². The fourth-order valence-electron chi connectivity index (χ4n) is 2.53. The van der Waals surface area contributed by atoms with Crippen LogP contribution < -0.4 is 0 Å². The third kappa shape index (κ3) is 2.39. The van der Waals surface area contributed by atoms with Gasteiger partial charge in [0.2, 0.25) is 0 Å². The van der Waals surface area contributed by atoms with Gasteiger partial charge in [0.15, 0.2) is 0 Å². The van der Waals surface area contributed by atoms with Crippen molar-refractivity contribution in [3.63, 3.8) is 0 Å². The van der Waals surface area contributed by atoms with Gasteiger partial charge in [-0.25, -0.2) is 9.59 Å². The number of benzene rings is 1. The number of nitro benzene ring substituents is 1. The number of likely N-dealkylation sites (N-methyl/N-ethyl adjacent to an activating group) is 1. The van der Waals surface area contributed by atoms with Crippen LogP contribution in [0.15, 0.2) is 35.5 Å². The van der Waals surface area contributed by atoms with Crippen molar-refractivity contribution in [2.24, 2.45) is 0 Å². The van der Waals surface area contributed by atoms with Gasteiger partial charge >= 0.3 is 12.0 Å². The van der Waals surface area contributed by atoms with Crippen LogP contribution in [0.25, 0.3) is 0 Å². The lowest BCUT2D eigenvalue weighted by molar-refractivity contribution is -0.384. The van der Waals surface area contributed by atoms with Crippen molar-refractivity contribution in [3.8, 4) is 0 Å². The number of carbonyl (C=O) groups excluding carboxylic acids is 1. The molecule has 1 heterocycles. The Hall–Kier alpha value is -2.90. The number of amides is 2. The number of nitrogens with zero attached hydrogens (tertiary/aromatic N) is 3. The van der Waals surface area contributed by atoms with Crippen molar-refractivity contribution in [1.82, 2.24) is 9.80 Å². The summed E-state index contributed by atoms with van der Waals surface area (Å²) in [6.07, 6.45) is 0. The quantitative estimate of drug-likeness (QED) is 0.679. The highest BCUT2D eigenvalue weighted by atomic mass is 16.6. The lowest BCUT2D eigenvalue weighted by atomic mass is 9.93. The summed E-state index contributed by atoms with van der Waals surface area (Å²) in [5.41, 5.74) is 0.562. The Morgan fingerprint density at radius 1 is 1.36 bits per heavy atom. The van der Waals surface area contributed by atoms with E-state index in [0.29, 0.717) is 11.3 Å². The maximum absolute atomic E-state index is 12.2. The minimum atomic E-state index is -1.17. The molecule has 1 aromatic carbocycles. The molecule has 8 nitrogen and oxygen atoms in total. The van der Waals surface area contributed by atoms with Gasteiger partial charge in [-0.15, -0.1) is 0 Å². The zero-order valence-electron chi connectivity index (χ0n) is 12.3. The number of urea groups is 1. The van der Waals surface area contributed by atoms with Gasteiger partial charge in [-0.3, -0.25) is 10.1 Å². The van der Waals surface area contributed by atoms with E-state index in [-0.39, 0.29) is 17.3 Å². The molecule has 0 saturated heterocycles. The van der Waals surface area contributed by atoms with Gasteiger partial charge < -0.3 is 14.9 Å². The first-order valence-corrected chi connectivity index (χ1v) is 6.44. The molecular formula is C14H15N3O5. The van der Waals surface area contributed by atoms with E-state index in [4.69, 9.17) is 0 Å². The molecule has 0 saturated carbocycles. The summed E-state index contributed by atoms with van der Waals surface area (Å²) in [6.45, 7) is 1.54. The van der Waals surface area contributed by atoms with Gasteiger partial charge in [0.25, 0.3) is 5.69 Å². The van der Waals surface area contributed by atoms with E-state index in [1.54, 1.807) is 13.0 Å². The average molecular weight is 305 g/mol. The van der Waals surface area contributed by atoms with Crippen molar-refractivity contribution < 1.29 is 19.6 Å². The molecule has 0 fully saturated rings. The van der Waals surface area contributed by atoms with Gasteiger partial charge in [-0.05, 0) is 12.5 Å². The molecule has 1 N–H and O–H groups in total. The number of carbonyl (C=O) groups is 2. The Kier molecular flexibility index (Phi) is 3.85. The summed E-state index contributed by atoms with van der Waals surface area (Å²) in [5, 5.41) is 20.4. The van der Waals surface area contributed by atoms with Crippen LogP contribution >= 0.6 is 0 Å². The molecule has 1 aliphatic rings. The number of hydrogen-bond donors (Lipinski definition) is 1. The summed E-state index contributed by atoms with van der Waals surface area (Å²) in [4.78, 5) is 36.7. The first kappa shape index (κ1) is 15.5. The van der Waals surface area contributed by atoms with Gasteiger partial charge in [-0.1, -0.05) is 12.1 Å². The monoisotopic (exact) mass is 305 g/mol. The van der Waals surface area contributed by atoms with Crippen LogP contribution in [0.1, 0.15) is 18.5 Å². The molecule has 1 unspecified atom stereocenters. The van der Waals surface area contributed by atoms with E-state index in [1.165, 1.54) is 42.1 Å². The molecule has 0 spiro atoms. The predicted octanol–water partition coefficient (Wildman–Crippen LogP) is 1.99. The zero-order chi connectivity index (χ0) is 16.6. The number of aliphatic carboxylic acids is 1. The molecule has 0 bridgehead atoms. The lowest BCUT2D eigenvalue weighted by Gasteiger charge is -2.38. The maximum atomic E-state index is 12.2. The molecule has 1 aromatic rings. The topological polar surface area (TPSA) is 104 Å². The number of hydrogen-bond acceptors (Lipinski definition) is 4. The van der Waals surface area contributed by atoms with Crippen LogP contribution in [0.4, 0.5) is 10.5 Å². The largest absolute Gasteiger partial charge is 0.478 e. The second kappa shape index (κ2) is 5.47. The molecule has 0 aromatic heterocycles. The van der Waals surface area contributed by atoms with Crippen LogP contribution in [0.3, 0.4) is 0 Å².